The van der Waals surface area contributed by atoms with Crippen molar-refractivity contribution in [1.29, 1.82) is 0 Å². The lowest BCUT2D eigenvalue weighted by molar-refractivity contribution is 0.0858. The van der Waals surface area contributed by atoms with Crippen LogP contribution in [0.3, 0.4) is 0 Å². The van der Waals surface area contributed by atoms with Crippen LogP contribution in [0, 0.1) is 6.92 Å². The van der Waals surface area contributed by atoms with Crippen LogP contribution in [0.4, 0.5) is 5.00 Å². The number of carbonyl (C=O) groups is 2. The summed E-state index contributed by atoms with van der Waals surface area (Å²) in [6.45, 7) is 5.06. The third-order valence-corrected chi connectivity index (χ3v) is 6.98. The summed E-state index contributed by atoms with van der Waals surface area (Å²) < 4.78 is 11.0. The Labute approximate surface area is 180 Å². The van der Waals surface area contributed by atoms with Gasteiger partial charge >= 0.3 is 0 Å². The molecule has 0 spiro atoms. The summed E-state index contributed by atoms with van der Waals surface area (Å²) in [5.74, 6) is 0.207. The van der Waals surface area contributed by atoms with Gasteiger partial charge in [-0.2, -0.15) is 0 Å². The van der Waals surface area contributed by atoms with E-state index >= 15 is 0 Å². The fraction of sp³-hybridized carbons (Fsp3) is 0.591. The van der Waals surface area contributed by atoms with Gasteiger partial charge in [-0.3, -0.25) is 9.59 Å². The van der Waals surface area contributed by atoms with Gasteiger partial charge in [0.05, 0.1) is 17.4 Å². The molecular formula is C22H29N3O4S. The van der Waals surface area contributed by atoms with Crippen molar-refractivity contribution in [3.05, 3.63) is 33.0 Å². The van der Waals surface area contributed by atoms with Crippen LogP contribution in [-0.2, 0) is 24.0 Å². The second-order valence-electron chi connectivity index (χ2n) is 8.03. The van der Waals surface area contributed by atoms with Crippen LogP contribution in [0.2, 0.25) is 0 Å². The Morgan fingerprint density at radius 2 is 2.00 bits per heavy atom. The van der Waals surface area contributed by atoms with Crippen molar-refractivity contribution in [2.75, 3.05) is 18.5 Å². The average molecular weight is 432 g/mol. The molecule has 2 aromatic heterocycles. The summed E-state index contributed by atoms with van der Waals surface area (Å²) >= 11 is 1.52. The van der Waals surface area contributed by atoms with Crippen LogP contribution >= 0.6 is 11.3 Å². The molecule has 0 radical (unpaired) electrons. The molecule has 0 bridgehead atoms. The smallest absolute Gasteiger partial charge is 0.261 e. The number of ether oxygens (including phenoxy) is 1. The van der Waals surface area contributed by atoms with Crippen LogP contribution in [-0.4, -0.2) is 36.2 Å². The summed E-state index contributed by atoms with van der Waals surface area (Å²) in [4.78, 5) is 27.4. The zero-order valence-corrected chi connectivity index (χ0v) is 18.5. The standard InChI is InChI=1S/C22H29N3O4S/c1-3-7-16-18(13(2)25-29-16)21(27)24-22-19(15-9-4-5-10-17(15)30-22)20(26)23-12-14-8-6-11-28-14/h14H,3-12H2,1-2H3,(H,23,26)(H,24,27). The Balaban J connectivity index is 1.58. The molecule has 2 aliphatic rings. The molecule has 1 aliphatic heterocycles. The first-order valence-electron chi connectivity index (χ1n) is 10.9. The number of fused-ring (bicyclic) bond motifs is 1. The maximum Gasteiger partial charge on any atom is 0.261 e. The molecular weight excluding hydrogens is 402 g/mol. The minimum Gasteiger partial charge on any atom is -0.376 e. The minimum atomic E-state index is -0.260. The summed E-state index contributed by atoms with van der Waals surface area (Å²) in [7, 11) is 0. The Bertz CT molecular complexity index is 927. The molecule has 7 nitrogen and oxygen atoms in total. The summed E-state index contributed by atoms with van der Waals surface area (Å²) in [5, 5.41) is 10.6. The van der Waals surface area contributed by atoms with Gasteiger partial charge in [0.25, 0.3) is 11.8 Å². The van der Waals surface area contributed by atoms with Gasteiger partial charge < -0.3 is 19.9 Å². The number of hydrogen-bond donors (Lipinski definition) is 2. The highest BCUT2D eigenvalue weighted by molar-refractivity contribution is 7.17. The Morgan fingerprint density at radius 1 is 1.17 bits per heavy atom. The normalized spacial score (nSPS) is 18.3. The fourth-order valence-electron chi connectivity index (χ4n) is 4.27. The highest BCUT2D eigenvalue weighted by Crippen LogP contribution is 2.38. The lowest BCUT2D eigenvalue weighted by atomic mass is 9.95. The van der Waals surface area contributed by atoms with Crippen molar-refractivity contribution in [3.63, 3.8) is 0 Å². The summed E-state index contributed by atoms with van der Waals surface area (Å²) in [6.07, 6.45) is 7.60. The van der Waals surface area contributed by atoms with Crippen LogP contribution in [0.5, 0.6) is 0 Å². The lowest BCUT2D eigenvalue weighted by Gasteiger charge is -2.15. The fourth-order valence-corrected chi connectivity index (χ4v) is 5.55. The van der Waals surface area contributed by atoms with Gasteiger partial charge in [0.2, 0.25) is 0 Å². The number of thiophene rings is 1. The molecule has 2 N–H and O–H groups in total. The number of nitrogens with one attached hydrogen (secondary N) is 2. The van der Waals surface area contributed by atoms with E-state index in [9.17, 15) is 9.59 Å². The first-order valence-corrected chi connectivity index (χ1v) is 11.7. The predicted molar refractivity (Wildman–Crippen MR) is 115 cm³/mol. The van der Waals surface area contributed by atoms with Gasteiger partial charge in [0.1, 0.15) is 16.3 Å². The number of nitrogens with zero attached hydrogens (tertiary/aromatic N) is 1. The third kappa shape index (κ3) is 4.30. The number of anilines is 1. The minimum absolute atomic E-state index is 0.0812. The number of aromatic nitrogens is 1. The van der Waals surface area contributed by atoms with E-state index in [0.717, 1.165) is 57.1 Å². The SMILES string of the molecule is CCCc1onc(C)c1C(=O)Nc1sc2c(c1C(=O)NCC1CCCO1)CCCC2. The van der Waals surface area contributed by atoms with Crippen molar-refractivity contribution in [2.24, 2.45) is 0 Å². The molecule has 3 heterocycles. The van der Waals surface area contributed by atoms with Gasteiger partial charge in [-0.1, -0.05) is 12.1 Å². The maximum absolute atomic E-state index is 13.1. The predicted octanol–water partition coefficient (Wildman–Crippen LogP) is 4.04. The number of hydrogen-bond acceptors (Lipinski definition) is 6. The van der Waals surface area contributed by atoms with Crippen LogP contribution in [0.1, 0.15) is 81.6 Å². The number of rotatable bonds is 7. The Morgan fingerprint density at radius 3 is 2.77 bits per heavy atom. The number of amides is 2. The third-order valence-electron chi connectivity index (χ3n) is 5.78. The zero-order valence-electron chi connectivity index (χ0n) is 17.6. The quantitative estimate of drug-likeness (QED) is 0.690. The van der Waals surface area contributed by atoms with E-state index in [0.29, 0.717) is 40.5 Å². The summed E-state index contributed by atoms with van der Waals surface area (Å²) in [5.41, 5.74) is 2.75. The van der Waals surface area contributed by atoms with E-state index in [-0.39, 0.29) is 17.9 Å². The van der Waals surface area contributed by atoms with Gasteiger partial charge in [-0.25, -0.2) is 0 Å². The Kier molecular flexibility index (Phi) is 6.53. The molecule has 0 aromatic carbocycles. The molecule has 2 amide bonds. The highest BCUT2D eigenvalue weighted by Gasteiger charge is 2.29. The summed E-state index contributed by atoms with van der Waals surface area (Å²) in [6, 6.07) is 0. The molecule has 0 saturated carbocycles. The van der Waals surface area contributed by atoms with Gasteiger partial charge in [-0.05, 0) is 57.4 Å². The van der Waals surface area contributed by atoms with Gasteiger partial charge in [0.15, 0.2) is 0 Å². The van der Waals surface area contributed by atoms with Crippen LogP contribution in [0.25, 0.3) is 0 Å². The van der Waals surface area contributed by atoms with E-state index in [1.807, 2.05) is 6.92 Å². The van der Waals surface area contributed by atoms with Crippen molar-refractivity contribution in [3.8, 4) is 0 Å². The molecule has 1 fully saturated rings. The van der Waals surface area contributed by atoms with Crippen LogP contribution in [0.15, 0.2) is 4.52 Å². The molecule has 30 heavy (non-hydrogen) atoms. The van der Waals surface area contributed by atoms with E-state index < -0.39 is 0 Å². The maximum atomic E-state index is 13.1. The lowest BCUT2D eigenvalue weighted by Crippen LogP contribution is -2.32. The molecule has 2 aromatic rings. The largest absolute Gasteiger partial charge is 0.376 e. The van der Waals surface area contributed by atoms with Gasteiger partial charge in [0, 0.05) is 24.4 Å². The molecule has 8 heteroatoms. The number of carbonyl (C=O) groups excluding carboxylic acids is 2. The molecule has 1 unspecified atom stereocenters. The Hall–Kier alpha value is -2.19. The number of aryl methyl sites for hydroxylation is 3. The molecule has 1 atom stereocenters. The second-order valence-corrected chi connectivity index (χ2v) is 9.14. The average Bonchev–Trinajstić information content (AvgIpc) is 3.45. The highest BCUT2D eigenvalue weighted by atomic mass is 32.1. The zero-order chi connectivity index (χ0) is 21.1. The first-order chi connectivity index (χ1) is 14.6. The second kappa shape index (κ2) is 9.31. The molecule has 4 rings (SSSR count). The topological polar surface area (TPSA) is 93.5 Å². The van der Waals surface area contributed by atoms with Crippen molar-refractivity contribution in [1.82, 2.24) is 10.5 Å². The van der Waals surface area contributed by atoms with Crippen molar-refractivity contribution < 1.29 is 18.8 Å². The monoisotopic (exact) mass is 431 g/mol. The molecule has 1 saturated heterocycles. The van der Waals surface area contributed by atoms with E-state index in [4.69, 9.17) is 9.26 Å². The van der Waals surface area contributed by atoms with Crippen molar-refractivity contribution in [2.45, 2.75) is 71.3 Å². The van der Waals surface area contributed by atoms with E-state index in [1.54, 1.807) is 6.92 Å². The first kappa shape index (κ1) is 21.1. The van der Waals surface area contributed by atoms with Crippen molar-refractivity contribution >= 4 is 28.2 Å². The van der Waals surface area contributed by atoms with E-state index in [2.05, 4.69) is 15.8 Å². The van der Waals surface area contributed by atoms with E-state index in [1.165, 1.54) is 16.2 Å². The molecule has 162 valence electrons. The van der Waals surface area contributed by atoms with Crippen LogP contribution < -0.4 is 10.6 Å². The van der Waals surface area contributed by atoms with Gasteiger partial charge in [-0.15, -0.1) is 11.3 Å². The molecule has 1 aliphatic carbocycles.